The van der Waals surface area contributed by atoms with E-state index < -0.39 is 5.54 Å². The number of nitrogens with one attached hydrogen (secondary N) is 1. The SMILES string of the molecule is CC(C)Oc1ccc(/C=C/C(=O)NC(C)(CO)C2CC2)cc1. The molecule has 22 heavy (non-hydrogen) atoms. The van der Waals surface area contributed by atoms with Gasteiger partial charge in [-0.15, -0.1) is 0 Å². The summed E-state index contributed by atoms with van der Waals surface area (Å²) in [6.45, 7) is 5.83. The molecule has 0 saturated heterocycles. The third-order valence-electron chi connectivity index (χ3n) is 3.89. The van der Waals surface area contributed by atoms with Crippen molar-refractivity contribution in [2.75, 3.05) is 6.61 Å². The van der Waals surface area contributed by atoms with Gasteiger partial charge in [-0.05, 0) is 63.3 Å². The van der Waals surface area contributed by atoms with Crippen molar-refractivity contribution in [3.63, 3.8) is 0 Å². The number of aliphatic hydroxyl groups is 1. The van der Waals surface area contributed by atoms with Crippen molar-refractivity contribution in [1.82, 2.24) is 5.32 Å². The second kappa shape index (κ2) is 6.97. The number of amides is 1. The van der Waals surface area contributed by atoms with Crippen LogP contribution in [0.2, 0.25) is 0 Å². The van der Waals surface area contributed by atoms with Gasteiger partial charge in [0.05, 0.1) is 18.2 Å². The number of benzene rings is 1. The Morgan fingerprint density at radius 2 is 2.05 bits per heavy atom. The third-order valence-corrected chi connectivity index (χ3v) is 3.89. The van der Waals surface area contributed by atoms with Crippen molar-refractivity contribution < 1.29 is 14.6 Å². The van der Waals surface area contributed by atoms with Gasteiger partial charge in [-0.3, -0.25) is 4.79 Å². The molecule has 1 amide bonds. The lowest BCUT2D eigenvalue weighted by molar-refractivity contribution is -0.119. The van der Waals surface area contributed by atoms with Crippen molar-refractivity contribution in [2.24, 2.45) is 5.92 Å². The zero-order chi connectivity index (χ0) is 16.2. The first-order chi connectivity index (χ1) is 10.4. The minimum Gasteiger partial charge on any atom is -0.491 e. The van der Waals surface area contributed by atoms with Crippen LogP contribution in [0.3, 0.4) is 0 Å². The number of ether oxygens (including phenoxy) is 1. The normalized spacial score (nSPS) is 17.5. The average Bonchev–Trinajstić information content (AvgIpc) is 3.31. The van der Waals surface area contributed by atoms with Crippen LogP contribution >= 0.6 is 0 Å². The first-order valence-corrected chi connectivity index (χ1v) is 7.81. The van der Waals surface area contributed by atoms with Gasteiger partial charge < -0.3 is 15.2 Å². The number of aliphatic hydroxyl groups excluding tert-OH is 1. The van der Waals surface area contributed by atoms with E-state index in [1.54, 1.807) is 6.08 Å². The molecular weight excluding hydrogens is 278 g/mol. The molecule has 0 aromatic heterocycles. The summed E-state index contributed by atoms with van der Waals surface area (Å²) in [5.74, 6) is 1.03. The molecule has 1 aromatic carbocycles. The number of rotatable bonds is 7. The Kier molecular flexibility index (Phi) is 5.24. The Balaban J connectivity index is 1.91. The molecule has 1 aromatic rings. The van der Waals surface area contributed by atoms with Crippen molar-refractivity contribution in [1.29, 1.82) is 0 Å². The fraction of sp³-hybridized carbons (Fsp3) is 0.500. The van der Waals surface area contributed by atoms with Gasteiger partial charge in [-0.1, -0.05) is 12.1 Å². The summed E-state index contributed by atoms with van der Waals surface area (Å²) in [5, 5.41) is 12.4. The maximum atomic E-state index is 12.0. The van der Waals surface area contributed by atoms with Crippen LogP contribution in [0.15, 0.2) is 30.3 Å². The summed E-state index contributed by atoms with van der Waals surface area (Å²) >= 11 is 0. The van der Waals surface area contributed by atoms with E-state index in [1.165, 1.54) is 6.08 Å². The minimum absolute atomic E-state index is 0.0293. The van der Waals surface area contributed by atoms with E-state index >= 15 is 0 Å². The Morgan fingerprint density at radius 3 is 2.55 bits per heavy atom. The van der Waals surface area contributed by atoms with E-state index in [9.17, 15) is 9.90 Å². The predicted molar refractivity (Wildman–Crippen MR) is 87.6 cm³/mol. The molecule has 1 saturated carbocycles. The second-order valence-electron chi connectivity index (χ2n) is 6.41. The molecule has 1 aliphatic carbocycles. The molecular formula is C18H25NO3. The Bertz CT molecular complexity index is 532. The zero-order valence-electron chi connectivity index (χ0n) is 13.5. The molecule has 0 heterocycles. The van der Waals surface area contributed by atoms with Gasteiger partial charge in [-0.2, -0.15) is 0 Å². The van der Waals surface area contributed by atoms with Crippen LogP contribution in [0.4, 0.5) is 0 Å². The maximum absolute atomic E-state index is 12.0. The maximum Gasteiger partial charge on any atom is 0.244 e. The smallest absolute Gasteiger partial charge is 0.244 e. The average molecular weight is 303 g/mol. The molecule has 1 fully saturated rings. The lowest BCUT2D eigenvalue weighted by Crippen LogP contribution is -2.50. The second-order valence-corrected chi connectivity index (χ2v) is 6.41. The standard InChI is InChI=1S/C18H25NO3/c1-13(2)22-16-9-4-14(5-10-16)6-11-17(21)19-18(3,12-20)15-7-8-15/h4-6,9-11,13,15,20H,7-8,12H2,1-3H3,(H,19,21)/b11-6+. The molecule has 120 valence electrons. The van der Waals surface area contributed by atoms with Crippen LogP contribution in [0.5, 0.6) is 5.75 Å². The van der Waals surface area contributed by atoms with E-state index in [-0.39, 0.29) is 18.6 Å². The van der Waals surface area contributed by atoms with Crippen molar-refractivity contribution in [3.8, 4) is 5.75 Å². The molecule has 1 atom stereocenters. The highest BCUT2D eigenvalue weighted by atomic mass is 16.5. The van der Waals surface area contributed by atoms with E-state index in [2.05, 4.69) is 5.32 Å². The fourth-order valence-electron chi connectivity index (χ4n) is 2.42. The fourth-order valence-corrected chi connectivity index (χ4v) is 2.42. The molecule has 4 nitrogen and oxygen atoms in total. The van der Waals surface area contributed by atoms with Crippen LogP contribution < -0.4 is 10.1 Å². The quantitative estimate of drug-likeness (QED) is 0.762. The Hall–Kier alpha value is -1.81. The molecule has 0 aliphatic heterocycles. The van der Waals surface area contributed by atoms with Gasteiger partial charge in [0, 0.05) is 6.08 Å². The summed E-state index contributed by atoms with van der Waals surface area (Å²) in [6, 6.07) is 7.60. The molecule has 2 rings (SSSR count). The van der Waals surface area contributed by atoms with Crippen molar-refractivity contribution in [2.45, 2.75) is 45.3 Å². The molecule has 4 heteroatoms. The molecule has 0 bridgehead atoms. The van der Waals surface area contributed by atoms with Crippen LogP contribution in [0, 0.1) is 5.92 Å². The number of hydrogen-bond acceptors (Lipinski definition) is 3. The van der Waals surface area contributed by atoms with E-state index in [0.29, 0.717) is 5.92 Å². The minimum atomic E-state index is -0.504. The summed E-state index contributed by atoms with van der Waals surface area (Å²) in [6.07, 6.45) is 5.55. The molecule has 2 N–H and O–H groups in total. The number of carbonyl (C=O) groups is 1. The highest BCUT2D eigenvalue weighted by molar-refractivity contribution is 5.92. The van der Waals surface area contributed by atoms with Crippen molar-refractivity contribution >= 4 is 12.0 Å². The van der Waals surface area contributed by atoms with Crippen LogP contribution in [-0.4, -0.2) is 29.3 Å². The monoisotopic (exact) mass is 303 g/mol. The lowest BCUT2D eigenvalue weighted by Gasteiger charge is -2.28. The Labute approximate surface area is 132 Å². The summed E-state index contributed by atoms with van der Waals surface area (Å²) < 4.78 is 5.58. The van der Waals surface area contributed by atoms with E-state index in [1.807, 2.05) is 45.0 Å². The van der Waals surface area contributed by atoms with Crippen molar-refractivity contribution in [3.05, 3.63) is 35.9 Å². The van der Waals surface area contributed by atoms with Gasteiger partial charge in [0.15, 0.2) is 0 Å². The molecule has 0 radical (unpaired) electrons. The molecule has 1 unspecified atom stereocenters. The molecule has 1 aliphatic rings. The first kappa shape index (κ1) is 16.6. The largest absolute Gasteiger partial charge is 0.491 e. The Morgan fingerprint density at radius 1 is 1.41 bits per heavy atom. The molecule has 0 spiro atoms. The van der Waals surface area contributed by atoms with Gasteiger partial charge >= 0.3 is 0 Å². The first-order valence-electron chi connectivity index (χ1n) is 7.81. The van der Waals surface area contributed by atoms with Crippen LogP contribution in [0.25, 0.3) is 6.08 Å². The number of carbonyl (C=O) groups excluding carboxylic acids is 1. The topological polar surface area (TPSA) is 58.6 Å². The van der Waals surface area contributed by atoms with Crippen LogP contribution in [0.1, 0.15) is 39.2 Å². The highest BCUT2D eigenvalue weighted by Gasteiger charge is 2.41. The van der Waals surface area contributed by atoms with Gasteiger partial charge in [0.2, 0.25) is 5.91 Å². The summed E-state index contributed by atoms with van der Waals surface area (Å²) in [7, 11) is 0. The van der Waals surface area contributed by atoms with E-state index in [0.717, 1.165) is 24.2 Å². The van der Waals surface area contributed by atoms with E-state index in [4.69, 9.17) is 4.74 Å². The third kappa shape index (κ3) is 4.60. The highest BCUT2D eigenvalue weighted by Crippen LogP contribution is 2.39. The predicted octanol–water partition coefficient (Wildman–Crippen LogP) is 2.76. The van der Waals surface area contributed by atoms with Gasteiger partial charge in [0.25, 0.3) is 0 Å². The zero-order valence-corrected chi connectivity index (χ0v) is 13.5. The van der Waals surface area contributed by atoms with Crippen LogP contribution in [-0.2, 0) is 4.79 Å². The van der Waals surface area contributed by atoms with Gasteiger partial charge in [0.1, 0.15) is 5.75 Å². The number of hydrogen-bond donors (Lipinski definition) is 2. The van der Waals surface area contributed by atoms with Gasteiger partial charge in [-0.25, -0.2) is 0 Å². The summed E-state index contributed by atoms with van der Waals surface area (Å²) in [4.78, 5) is 12.0. The lowest BCUT2D eigenvalue weighted by atomic mass is 9.97. The summed E-state index contributed by atoms with van der Waals surface area (Å²) in [5.41, 5.74) is 0.430.